The fourth-order valence-corrected chi connectivity index (χ4v) is 3.79. The number of methoxy groups -OCH3 is 1. The number of carbonyl (C=O) groups excluding carboxylic acids is 1. The Bertz CT molecular complexity index is 793. The number of ether oxygens (including phenoxy) is 2. The number of hydrogen-bond acceptors (Lipinski definition) is 3. The van der Waals surface area contributed by atoms with Gasteiger partial charge in [0.2, 0.25) is 0 Å². The van der Waals surface area contributed by atoms with Crippen molar-refractivity contribution in [3.05, 3.63) is 59.7 Å². The smallest absolute Gasteiger partial charge is 0.320 e. The average Bonchev–Trinajstić information content (AvgIpc) is 2.61. The minimum absolute atomic E-state index is 0.0516. The molecular weight excluding hydrogens is 316 g/mol. The van der Waals surface area contributed by atoms with Gasteiger partial charge in [-0.1, -0.05) is 42.5 Å². The first-order valence-corrected chi connectivity index (χ1v) is 8.59. The van der Waals surface area contributed by atoms with E-state index in [2.05, 4.69) is 17.4 Å². The molecule has 0 aliphatic carbocycles. The van der Waals surface area contributed by atoms with E-state index < -0.39 is 5.72 Å². The van der Waals surface area contributed by atoms with Crippen LogP contribution in [0.4, 0.5) is 4.79 Å². The zero-order chi connectivity index (χ0) is 17.4. The zero-order valence-electron chi connectivity index (χ0n) is 14.5. The van der Waals surface area contributed by atoms with Gasteiger partial charge < -0.3 is 14.8 Å². The van der Waals surface area contributed by atoms with Crippen molar-refractivity contribution in [2.24, 2.45) is 0 Å². The molecule has 2 heterocycles. The third kappa shape index (κ3) is 2.69. The molecule has 0 unspecified atom stereocenters. The van der Waals surface area contributed by atoms with Gasteiger partial charge in [0.05, 0.1) is 13.2 Å². The Kier molecular flexibility index (Phi) is 3.79. The Hall–Kier alpha value is -2.69. The van der Waals surface area contributed by atoms with E-state index in [4.69, 9.17) is 9.47 Å². The summed E-state index contributed by atoms with van der Waals surface area (Å²) in [6.07, 6.45) is 1.50. The molecule has 1 fully saturated rings. The Morgan fingerprint density at radius 1 is 1.24 bits per heavy atom. The van der Waals surface area contributed by atoms with Crippen molar-refractivity contribution >= 4 is 6.03 Å². The summed E-state index contributed by atoms with van der Waals surface area (Å²) in [5.41, 5.74) is 1.51. The summed E-state index contributed by atoms with van der Waals surface area (Å²) in [6.45, 7) is 2.59. The van der Waals surface area contributed by atoms with Gasteiger partial charge in [-0.2, -0.15) is 0 Å². The van der Waals surface area contributed by atoms with Crippen LogP contribution < -0.4 is 14.8 Å². The number of carbonyl (C=O) groups is 1. The van der Waals surface area contributed by atoms with E-state index in [-0.39, 0.29) is 12.1 Å². The normalized spacial score (nSPS) is 24.2. The van der Waals surface area contributed by atoms with Crippen molar-refractivity contribution < 1.29 is 14.3 Å². The summed E-state index contributed by atoms with van der Waals surface area (Å²) in [6, 6.07) is 15.9. The van der Waals surface area contributed by atoms with Gasteiger partial charge in [-0.15, -0.1) is 0 Å². The first kappa shape index (κ1) is 15.8. The lowest BCUT2D eigenvalue weighted by atomic mass is 9.90. The average molecular weight is 338 g/mol. The zero-order valence-corrected chi connectivity index (χ0v) is 14.5. The molecule has 25 heavy (non-hydrogen) atoms. The maximum absolute atomic E-state index is 12.7. The van der Waals surface area contributed by atoms with E-state index in [0.29, 0.717) is 18.7 Å². The van der Waals surface area contributed by atoms with Crippen LogP contribution >= 0.6 is 0 Å². The lowest BCUT2D eigenvalue weighted by Gasteiger charge is -2.51. The maximum Gasteiger partial charge on any atom is 0.320 e. The molecule has 5 heteroatoms. The van der Waals surface area contributed by atoms with E-state index in [1.54, 1.807) is 12.0 Å². The van der Waals surface area contributed by atoms with E-state index >= 15 is 0 Å². The molecule has 0 spiro atoms. The Balaban J connectivity index is 1.62. The minimum Gasteiger partial charge on any atom is -0.493 e. The second-order valence-corrected chi connectivity index (χ2v) is 6.75. The van der Waals surface area contributed by atoms with Crippen LogP contribution in [-0.2, 0) is 6.42 Å². The number of nitrogens with zero attached hydrogens (tertiary/aromatic N) is 1. The van der Waals surface area contributed by atoms with Crippen LogP contribution in [0.3, 0.4) is 0 Å². The molecule has 2 aliphatic heterocycles. The molecule has 2 amide bonds. The molecule has 2 bridgehead atoms. The maximum atomic E-state index is 12.7. The predicted molar refractivity (Wildman–Crippen MR) is 94.8 cm³/mol. The van der Waals surface area contributed by atoms with Gasteiger partial charge in [-0.3, -0.25) is 4.90 Å². The second-order valence-electron chi connectivity index (χ2n) is 6.75. The molecule has 2 aliphatic rings. The lowest BCUT2D eigenvalue weighted by Crippen LogP contribution is -2.65. The number of amides is 2. The first-order chi connectivity index (χ1) is 12.1. The van der Waals surface area contributed by atoms with E-state index in [9.17, 15) is 4.79 Å². The van der Waals surface area contributed by atoms with Crippen LogP contribution in [0.15, 0.2) is 48.5 Å². The molecule has 1 N–H and O–H groups in total. The molecule has 5 nitrogen and oxygen atoms in total. The van der Waals surface area contributed by atoms with Crippen molar-refractivity contribution in [3.8, 4) is 11.5 Å². The van der Waals surface area contributed by atoms with Crippen LogP contribution in [-0.4, -0.2) is 30.3 Å². The van der Waals surface area contributed by atoms with Gasteiger partial charge >= 0.3 is 6.03 Å². The van der Waals surface area contributed by atoms with Gasteiger partial charge in [0, 0.05) is 18.5 Å². The van der Waals surface area contributed by atoms with E-state index in [1.807, 2.05) is 43.3 Å². The van der Waals surface area contributed by atoms with Gasteiger partial charge in [-0.25, -0.2) is 4.79 Å². The molecule has 2 aromatic carbocycles. The van der Waals surface area contributed by atoms with E-state index in [1.165, 1.54) is 5.56 Å². The summed E-state index contributed by atoms with van der Waals surface area (Å²) in [4.78, 5) is 14.5. The van der Waals surface area contributed by atoms with Crippen molar-refractivity contribution in [2.45, 2.75) is 31.5 Å². The highest BCUT2D eigenvalue weighted by molar-refractivity contribution is 5.77. The molecule has 0 saturated carbocycles. The Labute approximate surface area is 147 Å². The number of urea groups is 1. The molecule has 4 rings (SSSR count). The van der Waals surface area contributed by atoms with Crippen LogP contribution in [0.2, 0.25) is 0 Å². The predicted octanol–water partition coefficient (Wildman–Crippen LogP) is 3.50. The second kappa shape index (κ2) is 5.99. The Morgan fingerprint density at radius 3 is 2.80 bits per heavy atom. The van der Waals surface area contributed by atoms with Crippen molar-refractivity contribution in [1.29, 1.82) is 0 Å². The topological polar surface area (TPSA) is 50.8 Å². The summed E-state index contributed by atoms with van der Waals surface area (Å²) in [7, 11) is 1.64. The van der Waals surface area contributed by atoms with Crippen LogP contribution in [0.5, 0.6) is 11.5 Å². The number of benzene rings is 2. The summed E-state index contributed by atoms with van der Waals surface area (Å²) >= 11 is 0. The van der Waals surface area contributed by atoms with Crippen LogP contribution in [0.1, 0.15) is 30.5 Å². The first-order valence-electron chi connectivity index (χ1n) is 8.59. The number of hydrogen-bond donors (Lipinski definition) is 1. The number of rotatable bonds is 4. The highest BCUT2D eigenvalue weighted by atomic mass is 16.5. The summed E-state index contributed by atoms with van der Waals surface area (Å²) in [5.74, 6) is 1.43. The van der Waals surface area contributed by atoms with E-state index in [0.717, 1.165) is 17.7 Å². The number of fused-ring (bicyclic) bond motifs is 4. The fraction of sp³-hybridized carbons (Fsp3) is 0.350. The summed E-state index contributed by atoms with van der Waals surface area (Å²) < 4.78 is 11.8. The molecule has 0 radical (unpaired) electrons. The highest BCUT2D eigenvalue weighted by Crippen LogP contribution is 2.47. The summed E-state index contributed by atoms with van der Waals surface area (Å²) in [5, 5.41) is 3.12. The number of para-hydroxylation sites is 1. The van der Waals surface area contributed by atoms with Gasteiger partial charge in [0.1, 0.15) is 0 Å². The van der Waals surface area contributed by atoms with Crippen molar-refractivity contribution in [2.75, 3.05) is 13.7 Å². The number of nitrogens with one attached hydrogen (secondary N) is 1. The molecule has 2 atom stereocenters. The standard InChI is InChI=1S/C20H22N2O3/c1-20-13-16(15-9-6-10-17(24-2)18(15)25-20)21-19(23)22(20)12-11-14-7-4-3-5-8-14/h3-10,16H,11-13H2,1-2H3,(H,21,23)/t16-,20+/m0/s1. The van der Waals surface area contributed by atoms with Crippen molar-refractivity contribution in [3.63, 3.8) is 0 Å². The third-order valence-electron chi connectivity index (χ3n) is 5.09. The highest BCUT2D eigenvalue weighted by Gasteiger charge is 2.49. The van der Waals surface area contributed by atoms with Gasteiger partial charge in [0.25, 0.3) is 0 Å². The largest absolute Gasteiger partial charge is 0.493 e. The lowest BCUT2D eigenvalue weighted by molar-refractivity contribution is -0.0845. The SMILES string of the molecule is COc1cccc2c1O[C@]1(C)C[C@@H]2NC(=O)N1CCc1ccccc1. The Morgan fingerprint density at radius 2 is 2.04 bits per heavy atom. The quantitative estimate of drug-likeness (QED) is 0.928. The third-order valence-corrected chi connectivity index (χ3v) is 5.09. The minimum atomic E-state index is -0.677. The van der Waals surface area contributed by atoms with Crippen molar-refractivity contribution in [1.82, 2.24) is 10.2 Å². The fourth-order valence-electron chi connectivity index (χ4n) is 3.79. The molecular formula is C20H22N2O3. The van der Waals surface area contributed by atoms with Gasteiger partial charge in [0.15, 0.2) is 17.2 Å². The van der Waals surface area contributed by atoms with Crippen LogP contribution in [0, 0.1) is 0 Å². The van der Waals surface area contributed by atoms with Crippen LogP contribution in [0.25, 0.3) is 0 Å². The molecule has 130 valence electrons. The van der Waals surface area contributed by atoms with Gasteiger partial charge in [-0.05, 0) is 25.0 Å². The molecule has 1 saturated heterocycles. The monoisotopic (exact) mass is 338 g/mol. The molecule has 2 aromatic rings. The molecule has 0 aromatic heterocycles.